The quantitative estimate of drug-likeness (QED) is 0.852. The highest BCUT2D eigenvalue weighted by Gasteiger charge is 2.18. The van der Waals surface area contributed by atoms with Crippen molar-refractivity contribution in [2.75, 3.05) is 6.54 Å². The van der Waals surface area contributed by atoms with Crippen LogP contribution in [0.2, 0.25) is 0 Å². The number of amides is 2. The topological polar surface area (TPSA) is 49.4 Å². The molecule has 0 heterocycles. The fourth-order valence-corrected chi connectivity index (χ4v) is 1.81. The third-order valence-corrected chi connectivity index (χ3v) is 3.17. The predicted octanol–water partition coefficient (Wildman–Crippen LogP) is 1.95. The molecule has 104 valence electrons. The van der Waals surface area contributed by atoms with Gasteiger partial charge < -0.3 is 10.2 Å². The molecule has 1 atom stereocenters. The van der Waals surface area contributed by atoms with E-state index in [0.717, 1.165) is 12.0 Å². The van der Waals surface area contributed by atoms with Gasteiger partial charge in [0, 0.05) is 19.5 Å². The Hall–Kier alpha value is -1.84. The van der Waals surface area contributed by atoms with Gasteiger partial charge in [-0.05, 0) is 18.9 Å². The number of hydrogen-bond donors (Lipinski definition) is 1. The van der Waals surface area contributed by atoms with Gasteiger partial charge in [0.15, 0.2) is 0 Å². The van der Waals surface area contributed by atoms with Gasteiger partial charge in [0.05, 0.1) is 6.54 Å². The smallest absolute Gasteiger partial charge is 0.239 e. The van der Waals surface area contributed by atoms with Crippen molar-refractivity contribution in [2.24, 2.45) is 0 Å². The lowest BCUT2D eigenvalue weighted by Crippen LogP contribution is -2.44. The largest absolute Gasteiger partial charge is 0.350 e. The van der Waals surface area contributed by atoms with Gasteiger partial charge in [0.1, 0.15) is 0 Å². The highest BCUT2D eigenvalue weighted by atomic mass is 16.2. The Morgan fingerprint density at radius 3 is 2.42 bits per heavy atom. The van der Waals surface area contributed by atoms with Crippen LogP contribution in [0.5, 0.6) is 0 Å². The number of rotatable bonds is 6. The lowest BCUT2D eigenvalue weighted by Gasteiger charge is -2.26. The summed E-state index contributed by atoms with van der Waals surface area (Å²) in [6.45, 7) is 6.06. The molecule has 0 saturated carbocycles. The molecule has 0 aromatic heterocycles. The zero-order valence-electron chi connectivity index (χ0n) is 11.8. The lowest BCUT2D eigenvalue weighted by molar-refractivity contribution is -0.136. The summed E-state index contributed by atoms with van der Waals surface area (Å²) in [7, 11) is 0. The molecular weight excluding hydrogens is 240 g/mol. The Bertz CT molecular complexity index is 417. The SMILES string of the molecule is CCC(C)N(CC(=O)NCc1ccccc1)C(C)=O. The van der Waals surface area contributed by atoms with Crippen LogP contribution in [0.15, 0.2) is 30.3 Å². The van der Waals surface area contributed by atoms with E-state index in [-0.39, 0.29) is 24.4 Å². The Kier molecular flexibility index (Phi) is 6.06. The highest BCUT2D eigenvalue weighted by Crippen LogP contribution is 2.04. The maximum atomic E-state index is 11.8. The van der Waals surface area contributed by atoms with E-state index in [9.17, 15) is 9.59 Å². The fourth-order valence-electron chi connectivity index (χ4n) is 1.81. The maximum Gasteiger partial charge on any atom is 0.239 e. The molecular formula is C15H22N2O2. The molecule has 1 N–H and O–H groups in total. The number of carbonyl (C=O) groups is 2. The Morgan fingerprint density at radius 1 is 1.26 bits per heavy atom. The number of carbonyl (C=O) groups excluding carboxylic acids is 2. The van der Waals surface area contributed by atoms with Crippen molar-refractivity contribution >= 4 is 11.8 Å². The number of nitrogens with one attached hydrogen (secondary N) is 1. The molecule has 4 nitrogen and oxygen atoms in total. The molecule has 0 aliphatic carbocycles. The van der Waals surface area contributed by atoms with Gasteiger partial charge in [0.25, 0.3) is 0 Å². The van der Waals surface area contributed by atoms with Gasteiger partial charge in [-0.1, -0.05) is 37.3 Å². The Balaban J connectivity index is 2.47. The fraction of sp³-hybridized carbons (Fsp3) is 0.467. The maximum absolute atomic E-state index is 11.8. The molecule has 1 aromatic rings. The van der Waals surface area contributed by atoms with E-state index in [1.807, 2.05) is 44.2 Å². The molecule has 1 rings (SSSR count). The van der Waals surface area contributed by atoms with Crippen molar-refractivity contribution in [2.45, 2.75) is 39.8 Å². The van der Waals surface area contributed by atoms with Gasteiger partial charge in [-0.2, -0.15) is 0 Å². The first kappa shape index (κ1) is 15.2. The highest BCUT2D eigenvalue weighted by molar-refractivity contribution is 5.83. The minimum Gasteiger partial charge on any atom is -0.350 e. The first-order valence-electron chi connectivity index (χ1n) is 6.62. The second kappa shape index (κ2) is 7.56. The van der Waals surface area contributed by atoms with Crippen molar-refractivity contribution in [3.05, 3.63) is 35.9 Å². The van der Waals surface area contributed by atoms with Crippen molar-refractivity contribution < 1.29 is 9.59 Å². The summed E-state index contributed by atoms with van der Waals surface area (Å²) in [5, 5.41) is 2.83. The zero-order chi connectivity index (χ0) is 14.3. The first-order valence-corrected chi connectivity index (χ1v) is 6.62. The molecule has 0 fully saturated rings. The average molecular weight is 262 g/mol. The number of hydrogen-bond acceptors (Lipinski definition) is 2. The molecule has 1 unspecified atom stereocenters. The first-order chi connectivity index (χ1) is 9.04. The van der Waals surface area contributed by atoms with Gasteiger partial charge >= 0.3 is 0 Å². The van der Waals surface area contributed by atoms with Crippen LogP contribution >= 0.6 is 0 Å². The van der Waals surface area contributed by atoms with Gasteiger partial charge in [-0.3, -0.25) is 9.59 Å². The van der Waals surface area contributed by atoms with Crippen LogP contribution in [0.1, 0.15) is 32.8 Å². The minimum atomic E-state index is -0.126. The average Bonchev–Trinajstić information content (AvgIpc) is 2.42. The van der Waals surface area contributed by atoms with Gasteiger partial charge in [-0.25, -0.2) is 0 Å². The predicted molar refractivity (Wildman–Crippen MR) is 75.4 cm³/mol. The summed E-state index contributed by atoms with van der Waals surface area (Å²) < 4.78 is 0. The van der Waals surface area contributed by atoms with Crippen molar-refractivity contribution in [3.63, 3.8) is 0 Å². The van der Waals surface area contributed by atoms with Crippen LogP contribution in [0, 0.1) is 0 Å². The third-order valence-electron chi connectivity index (χ3n) is 3.17. The molecule has 19 heavy (non-hydrogen) atoms. The van der Waals surface area contributed by atoms with Gasteiger partial charge in [-0.15, -0.1) is 0 Å². The van der Waals surface area contributed by atoms with E-state index >= 15 is 0 Å². The van der Waals surface area contributed by atoms with Gasteiger partial charge in [0.2, 0.25) is 11.8 Å². The summed E-state index contributed by atoms with van der Waals surface area (Å²) in [4.78, 5) is 24.9. The summed E-state index contributed by atoms with van der Waals surface area (Å²) in [5.41, 5.74) is 1.05. The molecule has 2 amide bonds. The normalized spacial score (nSPS) is 11.7. The van der Waals surface area contributed by atoms with Crippen molar-refractivity contribution in [3.8, 4) is 0 Å². The molecule has 0 aliphatic heterocycles. The lowest BCUT2D eigenvalue weighted by atomic mass is 10.2. The molecule has 0 radical (unpaired) electrons. The van der Waals surface area contributed by atoms with E-state index in [1.165, 1.54) is 6.92 Å². The molecule has 0 saturated heterocycles. The van der Waals surface area contributed by atoms with Crippen LogP contribution < -0.4 is 5.32 Å². The van der Waals surface area contributed by atoms with Crippen LogP contribution in [-0.2, 0) is 16.1 Å². The summed E-state index contributed by atoms with van der Waals surface area (Å²) in [5.74, 6) is -0.191. The third kappa shape index (κ3) is 5.12. The second-order valence-electron chi connectivity index (χ2n) is 4.67. The van der Waals surface area contributed by atoms with E-state index in [1.54, 1.807) is 4.90 Å². The van der Waals surface area contributed by atoms with Crippen LogP contribution in [0.25, 0.3) is 0 Å². The van der Waals surface area contributed by atoms with Crippen molar-refractivity contribution in [1.82, 2.24) is 10.2 Å². The molecule has 0 aliphatic rings. The molecule has 0 bridgehead atoms. The van der Waals surface area contributed by atoms with Crippen LogP contribution in [0.3, 0.4) is 0 Å². The number of nitrogens with zero attached hydrogens (tertiary/aromatic N) is 1. The molecule has 4 heteroatoms. The Morgan fingerprint density at radius 2 is 1.89 bits per heavy atom. The van der Waals surface area contributed by atoms with E-state index in [0.29, 0.717) is 6.54 Å². The summed E-state index contributed by atoms with van der Waals surface area (Å²) >= 11 is 0. The zero-order valence-corrected chi connectivity index (χ0v) is 11.8. The Labute approximate surface area is 114 Å². The van der Waals surface area contributed by atoms with E-state index in [2.05, 4.69) is 5.32 Å². The van der Waals surface area contributed by atoms with E-state index < -0.39 is 0 Å². The van der Waals surface area contributed by atoms with Crippen LogP contribution in [0.4, 0.5) is 0 Å². The van der Waals surface area contributed by atoms with E-state index in [4.69, 9.17) is 0 Å². The monoisotopic (exact) mass is 262 g/mol. The minimum absolute atomic E-state index is 0.0655. The second-order valence-corrected chi connectivity index (χ2v) is 4.67. The van der Waals surface area contributed by atoms with Crippen LogP contribution in [-0.4, -0.2) is 29.3 Å². The number of benzene rings is 1. The summed E-state index contributed by atoms with van der Waals surface area (Å²) in [6.07, 6.45) is 0.839. The summed E-state index contributed by atoms with van der Waals surface area (Å²) in [6, 6.07) is 9.80. The molecule has 0 spiro atoms. The molecule has 1 aromatic carbocycles. The van der Waals surface area contributed by atoms with Crippen molar-refractivity contribution in [1.29, 1.82) is 0 Å². The standard InChI is InChI=1S/C15H22N2O2/c1-4-12(2)17(13(3)18)11-15(19)16-10-14-8-6-5-7-9-14/h5-9,12H,4,10-11H2,1-3H3,(H,16,19).